The van der Waals surface area contributed by atoms with Crippen molar-refractivity contribution < 1.29 is 19.0 Å². The second-order valence-corrected chi connectivity index (χ2v) is 9.60. The molecule has 1 aliphatic rings. The summed E-state index contributed by atoms with van der Waals surface area (Å²) in [6, 6.07) is 5.51. The summed E-state index contributed by atoms with van der Waals surface area (Å²) in [6.07, 6.45) is 2.87. The highest BCUT2D eigenvalue weighted by atomic mass is 32.1. The van der Waals surface area contributed by atoms with Gasteiger partial charge in [0.25, 0.3) is 5.91 Å². The van der Waals surface area contributed by atoms with Crippen LogP contribution in [0.5, 0.6) is 17.2 Å². The van der Waals surface area contributed by atoms with Gasteiger partial charge in [-0.05, 0) is 48.3 Å². The Balaban J connectivity index is 1.92. The van der Waals surface area contributed by atoms with Crippen LogP contribution >= 0.6 is 11.3 Å². The van der Waals surface area contributed by atoms with Gasteiger partial charge in [-0.25, -0.2) is 0 Å². The van der Waals surface area contributed by atoms with E-state index in [9.17, 15) is 10.1 Å². The Morgan fingerprint density at radius 3 is 2.30 bits per heavy atom. The maximum Gasteiger partial charge on any atom is 0.256 e. The first-order chi connectivity index (χ1) is 14.2. The van der Waals surface area contributed by atoms with Crippen LogP contribution in [0.2, 0.25) is 0 Å². The second-order valence-electron chi connectivity index (χ2n) is 8.49. The number of nitrogens with zero attached hydrogens (tertiary/aromatic N) is 1. The van der Waals surface area contributed by atoms with Crippen LogP contribution in [0.4, 0.5) is 5.00 Å². The first kappa shape index (κ1) is 22.0. The van der Waals surface area contributed by atoms with Crippen molar-refractivity contribution in [3.05, 3.63) is 33.7 Å². The van der Waals surface area contributed by atoms with Gasteiger partial charge in [0, 0.05) is 10.4 Å². The molecule has 1 N–H and O–H groups in total. The standard InChI is InChI=1S/C23H28N2O4S/c1-23(2,3)14-7-8-15-16(12-24)22(30-19(15)11-14)25-21(26)13-9-17(27-4)20(29-6)18(10-13)28-5/h9-10,14H,7-8,11H2,1-6H3,(H,25,26)/t14-/m1/s1. The Kier molecular flexibility index (Phi) is 6.27. The van der Waals surface area contributed by atoms with Crippen molar-refractivity contribution in [2.45, 2.75) is 40.0 Å². The number of fused-ring (bicyclic) bond motifs is 1. The van der Waals surface area contributed by atoms with Crippen molar-refractivity contribution in [3.8, 4) is 23.3 Å². The lowest BCUT2D eigenvalue weighted by Gasteiger charge is -2.33. The molecule has 1 aromatic carbocycles. The summed E-state index contributed by atoms with van der Waals surface area (Å²) >= 11 is 1.52. The van der Waals surface area contributed by atoms with E-state index in [1.165, 1.54) is 37.5 Å². The maximum atomic E-state index is 13.0. The molecular weight excluding hydrogens is 400 g/mol. The van der Waals surface area contributed by atoms with Crippen molar-refractivity contribution in [2.24, 2.45) is 11.3 Å². The topological polar surface area (TPSA) is 80.6 Å². The Labute approximate surface area is 181 Å². The Morgan fingerprint density at radius 1 is 1.17 bits per heavy atom. The minimum absolute atomic E-state index is 0.216. The highest BCUT2D eigenvalue weighted by Gasteiger charge is 2.32. The van der Waals surface area contributed by atoms with Gasteiger partial charge in [-0.2, -0.15) is 5.26 Å². The molecule has 0 aliphatic heterocycles. The summed E-state index contributed by atoms with van der Waals surface area (Å²) in [5.41, 5.74) is 2.26. The third kappa shape index (κ3) is 4.10. The number of amides is 1. The molecule has 0 radical (unpaired) electrons. The Hall–Kier alpha value is -2.72. The van der Waals surface area contributed by atoms with E-state index in [2.05, 4.69) is 32.2 Å². The molecular formula is C23H28N2O4S. The van der Waals surface area contributed by atoms with Crippen LogP contribution in [0.1, 0.15) is 53.6 Å². The van der Waals surface area contributed by atoms with Crippen molar-refractivity contribution in [1.82, 2.24) is 0 Å². The fraction of sp³-hybridized carbons (Fsp3) is 0.478. The number of ether oxygens (including phenoxy) is 3. The number of anilines is 1. The number of nitriles is 1. The number of hydrogen-bond donors (Lipinski definition) is 1. The van der Waals surface area contributed by atoms with Crippen molar-refractivity contribution >= 4 is 22.2 Å². The third-order valence-corrected chi connectivity index (χ3v) is 6.93. The average Bonchev–Trinajstić information content (AvgIpc) is 3.07. The van der Waals surface area contributed by atoms with E-state index in [0.29, 0.717) is 39.3 Å². The number of carbonyl (C=O) groups excluding carboxylic acids is 1. The maximum absolute atomic E-state index is 13.0. The van der Waals surface area contributed by atoms with E-state index >= 15 is 0 Å². The molecule has 3 rings (SSSR count). The zero-order chi connectivity index (χ0) is 22.1. The normalized spacial score (nSPS) is 15.7. The van der Waals surface area contributed by atoms with Gasteiger partial charge in [0.1, 0.15) is 11.1 Å². The van der Waals surface area contributed by atoms with Gasteiger partial charge >= 0.3 is 0 Å². The van der Waals surface area contributed by atoms with Crippen LogP contribution in [0.15, 0.2) is 12.1 Å². The van der Waals surface area contributed by atoms with Crippen LogP contribution in [0.25, 0.3) is 0 Å². The summed E-state index contributed by atoms with van der Waals surface area (Å²) in [5.74, 6) is 1.47. The molecule has 7 heteroatoms. The van der Waals surface area contributed by atoms with Crippen LogP contribution in [-0.2, 0) is 12.8 Å². The van der Waals surface area contributed by atoms with E-state index in [4.69, 9.17) is 14.2 Å². The predicted octanol–water partition coefficient (Wildman–Crippen LogP) is 5.05. The van der Waals surface area contributed by atoms with Gasteiger partial charge < -0.3 is 19.5 Å². The van der Waals surface area contributed by atoms with E-state index in [1.54, 1.807) is 12.1 Å². The predicted molar refractivity (Wildman–Crippen MR) is 118 cm³/mol. The van der Waals surface area contributed by atoms with E-state index < -0.39 is 0 Å². The number of benzene rings is 1. The quantitative estimate of drug-likeness (QED) is 0.721. The lowest BCUT2D eigenvalue weighted by molar-refractivity contribution is 0.102. The molecule has 1 aliphatic carbocycles. The molecule has 30 heavy (non-hydrogen) atoms. The minimum atomic E-state index is -0.322. The number of carbonyl (C=O) groups is 1. The highest BCUT2D eigenvalue weighted by Crippen LogP contribution is 2.44. The van der Waals surface area contributed by atoms with Gasteiger partial charge in [-0.1, -0.05) is 20.8 Å². The zero-order valence-corrected chi connectivity index (χ0v) is 19.2. The molecule has 1 atom stereocenters. The number of thiophene rings is 1. The summed E-state index contributed by atoms with van der Waals surface area (Å²) in [4.78, 5) is 14.2. The monoisotopic (exact) mass is 428 g/mol. The van der Waals surface area contributed by atoms with Gasteiger partial charge in [-0.3, -0.25) is 4.79 Å². The minimum Gasteiger partial charge on any atom is -0.493 e. The first-order valence-electron chi connectivity index (χ1n) is 9.89. The van der Waals surface area contributed by atoms with Gasteiger partial charge in [0.15, 0.2) is 11.5 Å². The number of methoxy groups -OCH3 is 3. The van der Waals surface area contributed by atoms with E-state index in [1.807, 2.05) is 0 Å². The first-order valence-corrected chi connectivity index (χ1v) is 10.7. The van der Waals surface area contributed by atoms with E-state index in [-0.39, 0.29) is 11.3 Å². The van der Waals surface area contributed by atoms with Crippen LogP contribution in [0, 0.1) is 22.7 Å². The molecule has 160 valence electrons. The van der Waals surface area contributed by atoms with Gasteiger partial charge in [-0.15, -0.1) is 11.3 Å². The summed E-state index contributed by atoms with van der Waals surface area (Å²) in [5, 5.41) is 13.3. The summed E-state index contributed by atoms with van der Waals surface area (Å²) < 4.78 is 16.0. The summed E-state index contributed by atoms with van der Waals surface area (Å²) in [7, 11) is 4.53. The fourth-order valence-electron chi connectivity index (χ4n) is 3.92. The Morgan fingerprint density at radius 2 is 1.80 bits per heavy atom. The van der Waals surface area contributed by atoms with Crippen molar-refractivity contribution in [3.63, 3.8) is 0 Å². The zero-order valence-electron chi connectivity index (χ0n) is 18.3. The van der Waals surface area contributed by atoms with Crippen molar-refractivity contribution in [1.29, 1.82) is 5.26 Å². The Bertz CT molecular complexity index is 973. The van der Waals surface area contributed by atoms with Crippen LogP contribution < -0.4 is 19.5 Å². The van der Waals surface area contributed by atoms with Crippen LogP contribution in [0.3, 0.4) is 0 Å². The lowest BCUT2D eigenvalue weighted by Crippen LogP contribution is -2.26. The second kappa shape index (κ2) is 8.57. The molecule has 0 unspecified atom stereocenters. The van der Waals surface area contributed by atoms with Gasteiger partial charge in [0.2, 0.25) is 5.75 Å². The molecule has 1 aromatic heterocycles. The lowest BCUT2D eigenvalue weighted by atomic mass is 9.72. The molecule has 1 heterocycles. The number of rotatable bonds is 5. The molecule has 0 bridgehead atoms. The smallest absolute Gasteiger partial charge is 0.256 e. The molecule has 0 saturated heterocycles. The molecule has 2 aromatic rings. The number of hydrogen-bond acceptors (Lipinski definition) is 6. The third-order valence-electron chi connectivity index (χ3n) is 5.76. The average molecular weight is 429 g/mol. The van der Waals surface area contributed by atoms with Crippen LogP contribution in [-0.4, -0.2) is 27.2 Å². The molecule has 6 nitrogen and oxygen atoms in total. The molecule has 0 fully saturated rings. The largest absolute Gasteiger partial charge is 0.493 e. The number of nitrogens with one attached hydrogen (secondary N) is 1. The van der Waals surface area contributed by atoms with Crippen molar-refractivity contribution in [2.75, 3.05) is 26.6 Å². The summed E-state index contributed by atoms with van der Waals surface area (Å²) in [6.45, 7) is 6.78. The fourth-order valence-corrected chi connectivity index (χ4v) is 5.19. The van der Waals surface area contributed by atoms with E-state index in [0.717, 1.165) is 24.8 Å². The SMILES string of the molecule is COc1cc(C(=O)Nc2sc3c(c2C#N)CC[C@@H](C(C)(C)C)C3)cc(OC)c1OC. The van der Waals surface area contributed by atoms with Gasteiger partial charge in [0.05, 0.1) is 26.9 Å². The highest BCUT2D eigenvalue weighted by molar-refractivity contribution is 7.16. The molecule has 1 amide bonds. The molecule has 0 saturated carbocycles. The molecule has 0 spiro atoms.